The molecule has 0 unspecified atom stereocenters. The van der Waals surface area contributed by atoms with E-state index in [-0.39, 0.29) is 36.4 Å². The van der Waals surface area contributed by atoms with E-state index in [0.717, 1.165) is 0 Å². The number of carbonyl (C=O) groups excluding carboxylic acids is 6. The molecule has 2 heterocycles. The molecule has 0 aliphatic carbocycles. The van der Waals surface area contributed by atoms with E-state index in [1.807, 2.05) is 13.8 Å². The van der Waals surface area contributed by atoms with E-state index in [4.69, 9.17) is 0 Å². The molecule has 268 valence electrons. The van der Waals surface area contributed by atoms with Gasteiger partial charge in [0.1, 0.15) is 24.7 Å². The summed E-state index contributed by atoms with van der Waals surface area (Å²) in [6.07, 6.45) is 0.243. The van der Waals surface area contributed by atoms with Crippen molar-refractivity contribution in [3.8, 4) is 0 Å². The normalized spacial score (nSPS) is 16.8. The van der Waals surface area contributed by atoms with Crippen LogP contribution in [0.4, 0.5) is 17.6 Å². The van der Waals surface area contributed by atoms with Crippen molar-refractivity contribution >= 4 is 46.1 Å². The number of fused-ring (bicyclic) bond motifs is 1. The van der Waals surface area contributed by atoms with E-state index in [0.29, 0.717) is 0 Å². The molecule has 1 aliphatic rings. The second-order valence-corrected chi connectivity index (χ2v) is 12.2. The molecule has 3 rings (SSSR count). The predicted molar refractivity (Wildman–Crippen MR) is 164 cm³/mol. The van der Waals surface area contributed by atoms with Crippen LogP contribution >= 0.6 is 0 Å². The number of hydrogen-bond donors (Lipinski definition) is 6. The maximum absolute atomic E-state index is 14.5. The first-order chi connectivity index (χ1) is 22.8. The summed E-state index contributed by atoms with van der Waals surface area (Å²) in [4.78, 5) is 101. The quantitative estimate of drug-likeness (QED) is 0.0847. The predicted octanol–water partition coefficient (Wildman–Crippen LogP) is -0.613. The number of rotatable bonds is 14. The Balaban J connectivity index is 1.79. The van der Waals surface area contributed by atoms with Gasteiger partial charge in [0.05, 0.1) is 16.8 Å². The third-order valence-electron chi connectivity index (χ3n) is 7.80. The highest BCUT2D eigenvalue weighted by atomic mass is 19.2. The van der Waals surface area contributed by atoms with Gasteiger partial charge in [-0.3, -0.25) is 43.5 Å². The Hall–Kier alpha value is -5.10. The molecule has 0 spiro atoms. The van der Waals surface area contributed by atoms with Gasteiger partial charge in [0.15, 0.2) is 29.1 Å². The molecule has 5 amide bonds. The first kappa shape index (κ1) is 38.3. The Morgan fingerprint density at radius 2 is 1.33 bits per heavy atom. The summed E-state index contributed by atoms with van der Waals surface area (Å²) in [6.45, 7) is 6.66. The summed E-state index contributed by atoms with van der Waals surface area (Å²) in [7, 11) is 0. The van der Waals surface area contributed by atoms with Crippen LogP contribution in [0, 0.1) is 35.1 Å². The topological polar surface area (TPSA) is 217 Å². The number of H-pyrrole nitrogens is 1. The average molecular weight is 700 g/mol. The Morgan fingerprint density at radius 3 is 1.86 bits per heavy atom. The van der Waals surface area contributed by atoms with Crippen LogP contribution in [0.25, 0.3) is 10.8 Å². The van der Waals surface area contributed by atoms with Crippen molar-refractivity contribution in [1.29, 1.82) is 0 Å². The number of benzene rings is 1. The van der Waals surface area contributed by atoms with Crippen LogP contribution in [0.1, 0.15) is 53.9 Å². The molecule has 15 nitrogen and oxygen atoms in total. The van der Waals surface area contributed by atoms with Crippen molar-refractivity contribution in [1.82, 2.24) is 36.4 Å². The van der Waals surface area contributed by atoms with Crippen LogP contribution in [0.3, 0.4) is 0 Å². The lowest BCUT2D eigenvalue weighted by atomic mass is 9.95. The molecular weight excluding hydrogens is 662 g/mol. The minimum absolute atomic E-state index is 0.0262. The number of amides is 5. The van der Waals surface area contributed by atoms with Crippen molar-refractivity contribution in [3.05, 3.63) is 44.0 Å². The minimum atomic E-state index is -2.35. The fourth-order valence-electron chi connectivity index (χ4n) is 5.24. The third-order valence-corrected chi connectivity index (χ3v) is 7.80. The largest absolute Gasteiger partial charge is 0.356 e. The lowest BCUT2D eigenvalue weighted by Gasteiger charge is -2.24. The Bertz CT molecular complexity index is 1790. The van der Waals surface area contributed by atoms with Crippen LogP contribution in [0.15, 0.2) is 9.59 Å². The maximum Gasteiger partial charge on any atom is 0.276 e. The molecule has 1 saturated heterocycles. The van der Waals surface area contributed by atoms with Gasteiger partial charge in [0.2, 0.25) is 29.5 Å². The van der Waals surface area contributed by atoms with Crippen LogP contribution in [-0.4, -0.2) is 75.8 Å². The highest BCUT2D eigenvalue weighted by Crippen LogP contribution is 2.22. The lowest BCUT2D eigenvalue weighted by molar-refractivity contribution is -0.134. The molecule has 1 aliphatic heterocycles. The molecule has 1 aromatic heterocycles. The second kappa shape index (κ2) is 15.9. The van der Waals surface area contributed by atoms with E-state index in [9.17, 15) is 55.9 Å². The van der Waals surface area contributed by atoms with Crippen molar-refractivity contribution in [3.63, 3.8) is 0 Å². The number of aromatic amines is 1. The summed E-state index contributed by atoms with van der Waals surface area (Å²) in [5.74, 6) is -14.0. The van der Waals surface area contributed by atoms with Crippen molar-refractivity contribution in [2.45, 2.75) is 84.6 Å². The van der Waals surface area contributed by atoms with Gasteiger partial charge in [-0.1, -0.05) is 13.8 Å². The number of nitrogens with zero attached hydrogens (tertiary/aromatic N) is 1. The number of nitrogens with one attached hydrogen (secondary N) is 6. The molecule has 2 aromatic rings. The zero-order valence-electron chi connectivity index (χ0n) is 27.2. The fourth-order valence-corrected chi connectivity index (χ4v) is 5.24. The van der Waals surface area contributed by atoms with Gasteiger partial charge in [0.25, 0.3) is 11.1 Å². The molecule has 49 heavy (non-hydrogen) atoms. The van der Waals surface area contributed by atoms with E-state index in [2.05, 4.69) is 26.6 Å². The number of Topliss-reactive ketones (excluding diaryl/α,β-unsaturated/α-hetero) is 1. The SMILES string of the molecule is CC(=O)N[C@@H](CC(C)C)C(=O)N[C@@H](C)C(=O)N[C@@H](C)C(=O)N[C@@H](C[C@@H]1CCNC1=O)C(=O)Cn1[nH]c(=O)c2c(F)c(F)c(F)c(F)c2c1=O. The van der Waals surface area contributed by atoms with Crippen molar-refractivity contribution in [2.24, 2.45) is 11.8 Å². The van der Waals surface area contributed by atoms with E-state index < -0.39 is 117 Å². The first-order valence-corrected chi connectivity index (χ1v) is 15.3. The Morgan fingerprint density at radius 1 is 0.776 bits per heavy atom. The molecule has 1 fully saturated rings. The minimum Gasteiger partial charge on any atom is -0.356 e. The van der Waals surface area contributed by atoms with Gasteiger partial charge in [0, 0.05) is 19.4 Å². The molecule has 5 atom stereocenters. The summed E-state index contributed by atoms with van der Waals surface area (Å²) in [6, 6.07) is -4.97. The summed E-state index contributed by atoms with van der Waals surface area (Å²) >= 11 is 0. The molecule has 19 heteroatoms. The number of carbonyl (C=O) groups is 6. The summed E-state index contributed by atoms with van der Waals surface area (Å²) < 4.78 is 56.6. The zero-order chi connectivity index (χ0) is 36.9. The van der Waals surface area contributed by atoms with Gasteiger partial charge < -0.3 is 26.6 Å². The highest BCUT2D eigenvalue weighted by Gasteiger charge is 2.34. The zero-order valence-corrected chi connectivity index (χ0v) is 27.2. The smallest absolute Gasteiger partial charge is 0.276 e. The Kier molecular flexibility index (Phi) is 12.4. The van der Waals surface area contributed by atoms with Gasteiger partial charge in [-0.25, -0.2) is 22.2 Å². The van der Waals surface area contributed by atoms with Crippen LogP contribution in [0.2, 0.25) is 0 Å². The van der Waals surface area contributed by atoms with Crippen molar-refractivity contribution in [2.75, 3.05) is 6.54 Å². The summed E-state index contributed by atoms with van der Waals surface area (Å²) in [5.41, 5.74) is -3.15. The van der Waals surface area contributed by atoms with Crippen LogP contribution in [0.5, 0.6) is 0 Å². The highest BCUT2D eigenvalue weighted by molar-refractivity contribution is 5.95. The molecule has 1 aromatic carbocycles. The average Bonchev–Trinajstić information content (AvgIpc) is 3.42. The van der Waals surface area contributed by atoms with Gasteiger partial charge in [-0.15, -0.1) is 0 Å². The maximum atomic E-state index is 14.5. The summed E-state index contributed by atoms with van der Waals surface area (Å²) in [5, 5.41) is 11.2. The van der Waals surface area contributed by atoms with Crippen LogP contribution in [-0.2, 0) is 35.3 Å². The van der Waals surface area contributed by atoms with Gasteiger partial charge in [-0.2, -0.15) is 0 Å². The molecular formula is C30H37F4N7O8. The number of ketones is 1. The Labute approximate surface area is 275 Å². The van der Waals surface area contributed by atoms with Crippen molar-refractivity contribution < 1.29 is 46.3 Å². The number of aromatic nitrogens is 2. The first-order valence-electron chi connectivity index (χ1n) is 15.3. The lowest BCUT2D eigenvalue weighted by Crippen LogP contribution is -2.56. The molecule has 6 N–H and O–H groups in total. The number of halogens is 4. The molecule has 0 saturated carbocycles. The second-order valence-electron chi connectivity index (χ2n) is 12.2. The number of hydrogen-bond acceptors (Lipinski definition) is 8. The fraction of sp³-hybridized carbons (Fsp3) is 0.533. The van der Waals surface area contributed by atoms with E-state index in [1.165, 1.54) is 20.8 Å². The molecule has 0 bridgehead atoms. The van der Waals surface area contributed by atoms with Gasteiger partial charge in [-0.05, 0) is 39.0 Å². The monoisotopic (exact) mass is 699 g/mol. The van der Waals surface area contributed by atoms with Gasteiger partial charge >= 0.3 is 0 Å². The third kappa shape index (κ3) is 9.08. The van der Waals surface area contributed by atoms with E-state index in [1.54, 1.807) is 5.10 Å². The standard InChI is InChI=1S/C30H37F4N7O8/c1-11(2)8-17(38-14(5)42)28(47)37-12(3)25(44)36-13(4)26(45)39-16(9-15-6-7-35-27(15)46)18(43)10-41-30(49)20-19(29(48)40-41)21(31)23(33)24(34)22(20)32/h11-13,15-17H,6-10H2,1-5H3,(H,35,46)(H,36,44)(H,37,47)(H,38,42)(H,39,45)(H,40,48)/t12-,13-,15-,16-,17-/m0/s1. The van der Waals surface area contributed by atoms with Crippen LogP contribution < -0.4 is 37.7 Å². The molecule has 0 radical (unpaired) electrons. The van der Waals surface area contributed by atoms with E-state index >= 15 is 0 Å².